The van der Waals surface area contributed by atoms with Crippen molar-refractivity contribution in [2.24, 2.45) is 0 Å². The minimum atomic E-state index is -0.128. The largest absolute Gasteiger partial charge is 0.349 e. The minimum absolute atomic E-state index is 0.0436. The molecule has 0 aliphatic heterocycles. The zero-order valence-corrected chi connectivity index (χ0v) is 16.0. The van der Waals surface area contributed by atoms with Crippen molar-refractivity contribution in [3.05, 3.63) is 82.4 Å². The van der Waals surface area contributed by atoms with Crippen molar-refractivity contribution >= 4 is 22.6 Å². The number of carbonyl (C=O) groups is 1. The Bertz CT molecular complexity index is 1270. The second-order valence-electron chi connectivity index (χ2n) is 7.53. The maximum atomic E-state index is 12.9. The molecule has 1 aliphatic carbocycles. The fraction of sp³-hybridized carbons (Fsp3) is 0.261. The summed E-state index contributed by atoms with van der Waals surface area (Å²) in [5.41, 5.74) is 4.44. The van der Waals surface area contributed by atoms with E-state index in [2.05, 4.69) is 22.4 Å². The summed E-state index contributed by atoms with van der Waals surface area (Å²) in [5.74, 6) is -0.0436. The van der Waals surface area contributed by atoms with Gasteiger partial charge in [-0.3, -0.25) is 14.2 Å². The van der Waals surface area contributed by atoms with E-state index < -0.39 is 0 Å². The topological polar surface area (TPSA) is 68.4 Å². The zero-order valence-electron chi connectivity index (χ0n) is 16.0. The summed E-state index contributed by atoms with van der Waals surface area (Å²) in [4.78, 5) is 30.0. The Balaban J connectivity index is 1.39. The number of fused-ring (bicyclic) bond motifs is 4. The molecule has 3 heterocycles. The highest BCUT2D eigenvalue weighted by molar-refractivity contribution is 5.78. The van der Waals surface area contributed by atoms with Crippen LogP contribution in [-0.2, 0) is 17.8 Å². The molecule has 0 spiro atoms. The summed E-state index contributed by atoms with van der Waals surface area (Å²) in [5, 5.41) is 3.17. The van der Waals surface area contributed by atoms with Crippen LogP contribution in [0.15, 0.2) is 65.7 Å². The zero-order chi connectivity index (χ0) is 19.8. The van der Waals surface area contributed by atoms with Gasteiger partial charge >= 0.3 is 0 Å². The fourth-order valence-electron chi connectivity index (χ4n) is 4.38. The van der Waals surface area contributed by atoms with Gasteiger partial charge in [-0.2, -0.15) is 0 Å². The van der Waals surface area contributed by atoms with E-state index in [0.29, 0.717) is 17.7 Å². The highest BCUT2D eigenvalue weighted by Crippen LogP contribution is 2.29. The van der Waals surface area contributed by atoms with Crippen LogP contribution in [0.2, 0.25) is 0 Å². The molecule has 1 atom stereocenters. The van der Waals surface area contributed by atoms with Crippen LogP contribution in [0.1, 0.15) is 36.4 Å². The van der Waals surface area contributed by atoms with Crippen LogP contribution < -0.4 is 10.9 Å². The first-order chi connectivity index (χ1) is 14.2. The van der Waals surface area contributed by atoms with Gasteiger partial charge in [-0.05, 0) is 54.7 Å². The van der Waals surface area contributed by atoms with Gasteiger partial charge in [0.1, 0.15) is 5.52 Å². The summed E-state index contributed by atoms with van der Waals surface area (Å²) < 4.78 is 3.46. The number of nitrogens with one attached hydrogen (secondary N) is 1. The predicted molar refractivity (Wildman–Crippen MR) is 112 cm³/mol. The van der Waals surface area contributed by atoms with E-state index in [-0.39, 0.29) is 23.9 Å². The first-order valence-corrected chi connectivity index (χ1v) is 10.0. The van der Waals surface area contributed by atoms with Gasteiger partial charge in [0.25, 0.3) is 5.56 Å². The van der Waals surface area contributed by atoms with Crippen molar-refractivity contribution in [2.75, 3.05) is 0 Å². The summed E-state index contributed by atoms with van der Waals surface area (Å²) in [6.07, 6.45) is 6.85. The molecule has 0 radical (unpaired) electrons. The van der Waals surface area contributed by atoms with E-state index in [4.69, 9.17) is 0 Å². The quantitative estimate of drug-likeness (QED) is 0.585. The van der Waals surface area contributed by atoms with Crippen molar-refractivity contribution in [3.8, 4) is 0 Å². The van der Waals surface area contributed by atoms with Gasteiger partial charge in [-0.1, -0.05) is 24.3 Å². The molecule has 0 saturated heterocycles. The lowest BCUT2D eigenvalue weighted by atomic mass is 9.88. The van der Waals surface area contributed by atoms with Crippen molar-refractivity contribution in [3.63, 3.8) is 0 Å². The average Bonchev–Trinajstić information content (AvgIpc) is 3.24. The van der Waals surface area contributed by atoms with E-state index in [0.717, 1.165) is 24.8 Å². The normalized spacial score (nSPS) is 16.1. The fourth-order valence-corrected chi connectivity index (χ4v) is 4.38. The molecule has 1 amide bonds. The Hall–Kier alpha value is -3.41. The molecular weight excluding hydrogens is 364 g/mol. The van der Waals surface area contributed by atoms with Gasteiger partial charge in [-0.25, -0.2) is 4.98 Å². The number of hydrogen-bond donors (Lipinski definition) is 1. The molecule has 0 fully saturated rings. The third-order valence-electron chi connectivity index (χ3n) is 5.76. The van der Waals surface area contributed by atoms with Gasteiger partial charge in [0.05, 0.1) is 11.6 Å². The molecule has 5 rings (SSSR count). The second kappa shape index (κ2) is 7.20. The number of carbonyl (C=O) groups excluding carboxylic acids is 1. The third kappa shape index (κ3) is 3.10. The van der Waals surface area contributed by atoms with Crippen LogP contribution in [0.5, 0.6) is 0 Å². The third-order valence-corrected chi connectivity index (χ3v) is 5.76. The van der Waals surface area contributed by atoms with Crippen LogP contribution in [0.4, 0.5) is 0 Å². The summed E-state index contributed by atoms with van der Waals surface area (Å²) in [7, 11) is 0. The summed E-state index contributed by atoms with van der Waals surface area (Å²) in [6.45, 7) is 0.300. The summed E-state index contributed by atoms with van der Waals surface area (Å²) >= 11 is 0. The first-order valence-electron chi connectivity index (χ1n) is 10.0. The second-order valence-corrected chi connectivity index (χ2v) is 7.53. The van der Waals surface area contributed by atoms with Gasteiger partial charge in [0.2, 0.25) is 5.91 Å². The number of hydrogen-bond acceptors (Lipinski definition) is 3. The number of aromatic nitrogens is 3. The van der Waals surface area contributed by atoms with Crippen LogP contribution in [0.25, 0.3) is 16.7 Å². The monoisotopic (exact) mass is 386 g/mol. The molecule has 1 aromatic carbocycles. The molecule has 1 N–H and O–H groups in total. The van der Waals surface area contributed by atoms with Gasteiger partial charge in [0.15, 0.2) is 5.65 Å². The lowest BCUT2D eigenvalue weighted by Gasteiger charge is -2.26. The van der Waals surface area contributed by atoms with Crippen LogP contribution in [0, 0.1) is 0 Å². The molecule has 3 aromatic heterocycles. The number of amides is 1. The first kappa shape index (κ1) is 17.7. The Morgan fingerprint density at radius 1 is 1.10 bits per heavy atom. The summed E-state index contributed by atoms with van der Waals surface area (Å²) in [6, 6.07) is 15.8. The van der Waals surface area contributed by atoms with Crippen molar-refractivity contribution in [2.45, 2.75) is 38.3 Å². The maximum Gasteiger partial charge on any atom is 0.276 e. The number of rotatable bonds is 4. The number of benzene rings is 1. The van der Waals surface area contributed by atoms with E-state index >= 15 is 0 Å². The van der Waals surface area contributed by atoms with E-state index in [1.807, 2.05) is 40.9 Å². The SMILES string of the molecule is O=C(CCn1c(=O)c2cccn2c2cccnc21)NC1CCCc2ccccc21. The number of nitrogens with zero attached hydrogens (tertiary/aromatic N) is 3. The van der Waals surface area contributed by atoms with Gasteiger partial charge in [0, 0.05) is 25.4 Å². The van der Waals surface area contributed by atoms with Gasteiger partial charge < -0.3 is 9.72 Å². The lowest BCUT2D eigenvalue weighted by molar-refractivity contribution is -0.122. The minimum Gasteiger partial charge on any atom is -0.349 e. The maximum absolute atomic E-state index is 12.9. The van der Waals surface area contributed by atoms with E-state index in [9.17, 15) is 9.59 Å². The van der Waals surface area contributed by atoms with E-state index in [1.54, 1.807) is 16.8 Å². The lowest BCUT2D eigenvalue weighted by Crippen LogP contribution is -2.33. The van der Waals surface area contributed by atoms with Crippen molar-refractivity contribution in [1.29, 1.82) is 0 Å². The Morgan fingerprint density at radius 3 is 2.90 bits per heavy atom. The van der Waals surface area contributed by atoms with Crippen LogP contribution in [0.3, 0.4) is 0 Å². The molecule has 146 valence electrons. The molecule has 4 aromatic rings. The molecule has 1 unspecified atom stereocenters. The highest BCUT2D eigenvalue weighted by atomic mass is 16.2. The Labute approximate surface area is 167 Å². The number of pyridine rings is 1. The Morgan fingerprint density at radius 2 is 1.97 bits per heavy atom. The molecule has 0 bridgehead atoms. The molecule has 0 saturated carbocycles. The average molecular weight is 386 g/mol. The smallest absolute Gasteiger partial charge is 0.276 e. The standard InChI is InChI=1S/C23H22N4O2/c28-21(25-18-9-3-7-16-6-1-2-8-17(16)18)12-15-27-22-19(10-4-13-24-22)26-14-5-11-20(26)23(27)29/h1-2,4-6,8,10-11,13-14,18H,3,7,9,12,15H2,(H,25,28). The molecule has 6 nitrogen and oxygen atoms in total. The highest BCUT2D eigenvalue weighted by Gasteiger charge is 2.21. The van der Waals surface area contributed by atoms with E-state index in [1.165, 1.54) is 11.1 Å². The molecule has 29 heavy (non-hydrogen) atoms. The molecule has 1 aliphatic rings. The van der Waals surface area contributed by atoms with Crippen molar-refractivity contribution < 1.29 is 4.79 Å². The van der Waals surface area contributed by atoms with Crippen molar-refractivity contribution in [1.82, 2.24) is 19.3 Å². The predicted octanol–water partition coefficient (Wildman–Crippen LogP) is 3.23. The van der Waals surface area contributed by atoms with Crippen LogP contribution >= 0.6 is 0 Å². The van der Waals surface area contributed by atoms with Crippen LogP contribution in [-0.4, -0.2) is 19.9 Å². The molecule has 6 heteroatoms. The van der Waals surface area contributed by atoms with Gasteiger partial charge in [-0.15, -0.1) is 0 Å². The molecular formula is C23H22N4O2. The number of aryl methyl sites for hydroxylation is 2. The Kier molecular flexibility index (Phi) is 4.39.